The summed E-state index contributed by atoms with van der Waals surface area (Å²) in [5, 5.41) is 40.1. The highest BCUT2D eigenvalue weighted by Crippen LogP contribution is 2.46. The summed E-state index contributed by atoms with van der Waals surface area (Å²) in [5.74, 6) is 1.02. The fourth-order valence-corrected chi connectivity index (χ4v) is 4.43. The lowest BCUT2D eigenvalue weighted by molar-refractivity contribution is -0.277. The molecule has 1 aromatic heterocycles. The molecule has 2 aliphatic heterocycles. The van der Waals surface area contributed by atoms with Crippen molar-refractivity contribution in [3.63, 3.8) is 0 Å². The Balaban J connectivity index is 1.58. The normalized spacial score (nSPS) is 24.3. The molecule has 0 spiro atoms. The van der Waals surface area contributed by atoms with Crippen LogP contribution in [0.25, 0.3) is 22.1 Å². The van der Waals surface area contributed by atoms with Crippen molar-refractivity contribution in [3.05, 3.63) is 34.7 Å². The Morgan fingerprint density at radius 3 is 2.26 bits per heavy atom. The number of rotatable bonds is 7. The third kappa shape index (κ3) is 4.14. The van der Waals surface area contributed by atoms with Crippen molar-refractivity contribution in [2.24, 2.45) is 0 Å². The van der Waals surface area contributed by atoms with Crippen molar-refractivity contribution >= 4 is 11.0 Å². The van der Waals surface area contributed by atoms with Crippen LogP contribution in [-0.2, 0) is 4.74 Å². The molecule has 0 saturated carbocycles. The van der Waals surface area contributed by atoms with Crippen LogP contribution in [0.1, 0.15) is 0 Å². The average Bonchev–Trinajstić information content (AvgIpc) is 3.40. The molecule has 13 nitrogen and oxygen atoms in total. The van der Waals surface area contributed by atoms with Gasteiger partial charge in [0.05, 0.1) is 33.5 Å². The highest BCUT2D eigenvalue weighted by Gasteiger charge is 2.45. The van der Waals surface area contributed by atoms with E-state index in [0.717, 1.165) is 0 Å². The molecule has 5 rings (SSSR count). The van der Waals surface area contributed by atoms with E-state index in [1.165, 1.54) is 39.7 Å². The summed E-state index contributed by atoms with van der Waals surface area (Å²) in [6.07, 6.45) is -6.24. The van der Waals surface area contributed by atoms with Crippen LogP contribution in [-0.4, -0.2) is 85.9 Å². The summed E-state index contributed by atoms with van der Waals surface area (Å²) in [6.45, 7) is -0.646. The number of hydrogen-bond acceptors (Lipinski definition) is 13. The van der Waals surface area contributed by atoms with Crippen LogP contribution >= 0.6 is 0 Å². The molecule has 38 heavy (non-hydrogen) atoms. The van der Waals surface area contributed by atoms with Crippen LogP contribution in [0, 0.1) is 0 Å². The van der Waals surface area contributed by atoms with Crippen molar-refractivity contribution in [2.75, 3.05) is 34.7 Å². The topological polar surface area (TPSA) is 176 Å². The van der Waals surface area contributed by atoms with Crippen LogP contribution in [0.4, 0.5) is 0 Å². The van der Waals surface area contributed by atoms with Gasteiger partial charge in [-0.15, -0.1) is 0 Å². The Morgan fingerprint density at radius 2 is 1.63 bits per heavy atom. The van der Waals surface area contributed by atoms with Gasteiger partial charge in [-0.2, -0.15) is 0 Å². The highest BCUT2D eigenvalue weighted by atomic mass is 16.7. The molecule has 5 atom stereocenters. The first-order chi connectivity index (χ1) is 18.3. The Bertz CT molecular complexity index is 1370. The fourth-order valence-electron chi connectivity index (χ4n) is 4.43. The summed E-state index contributed by atoms with van der Waals surface area (Å²) in [5.41, 5.74) is 0.301. The molecule has 3 aromatic rings. The van der Waals surface area contributed by atoms with E-state index in [-0.39, 0.29) is 46.3 Å². The first-order valence-electron chi connectivity index (χ1n) is 11.5. The molecule has 1 fully saturated rings. The van der Waals surface area contributed by atoms with Crippen molar-refractivity contribution in [1.29, 1.82) is 0 Å². The summed E-state index contributed by atoms with van der Waals surface area (Å²) in [4.78, 5) is 13.6. The van der Waals surface area contributed by atoms with E-state index in [1.807, 2.05) is 0 Å². The van der Waals surface area contributed by atoms with E-state index in [9.17, 15) is 25.2 Å². The minimum atomic E-state index is -1.66. The van der Waals surface area contributed by atoms with E-state index in [1.54, 1.807) is 6.07 Å². The number of methoxy groups -OCH3 is 3. The summed E-state index contributed by atoms with van der Waals surface area (Å²) >= 11 is 0. The van der Waals surface area contributed by atoms with E-state index in [0.29, 0.717) is 17.1 Å². The van der Waals surface area contributed by atoms with Crippen LogP contribution in [0.2, 0.25) is 0 Å². The van der Waals surface area contributed by atoms with Crippen LogP contribution in [0.5, 0.6) is 34.5 Å². The maximum Gasteiger partial charge on any atom is 0.231 e. The van der Waals surface area contributed by atoms with Gasteiger partial charge in [-0.3, -0.25) is 4.79 Å². The van der Waals surface area contributed by atoms with Gasteiger partial charge in [0.25, 0.3) is 0 Å². The second kappa shape index (κ2) is 10.2. The second-order valence-electron chi connectivity index (χ2n) is 8.52. The molecule has 0 radical (unpaired) electrons. The summed E-state index contributed by atoms with van der Waals surface area (Å²) in [6, 6.07) is 4.52. The largest absolute Gasteiger partial charge is 0.493 e. The van der Waals surface area contributed by atoms with Gasteiger partial charge in [0.15, 0.2) is 23.0 Å². The maximum atomic E-state index is 13.6. The second-order valence-corrected chi connectivity index (χ2v) is 8.52. The maximum absolute atomic E-state index is 13.6. The molecule has 0 aliphatic carbocycles. The Hall–Kier alpha value is -3.75. The lowest BCUT2D eigenvalue weighted by Gasteiger charge is -2.39. The van der Waals surface area contributed by atoms with Gasteiger partial charge in [0.1, 0.15) is 41.6 Å². The van der Waals surface area contributed by atoms with Crippen molar-refractivity contribution in [2.45, 2.75) is 30.7 Å². The highest BCUT2D eigenvalue weighted by molar-refractivity contribution is 5.92. The number of aliphatic hydroxyl groups excluding tert-OH is 4. The van der Waals surface area contributed by atoms with Crippen molar-refractivity contribution in [3.8, 4) is 45.6 Å². The summed E-state index contributed by atoms with van der Waals surface area (Å²) < 4.78 is 44.2. The van der Waals surface area contributed by atoms with Crippen molar-refractivity contribution in [1.82, 2.24) is 0 Å². The van der Waals surface area contributed by atoms with E-state index in [2.05, 4.69) is 0 Å². The van der Waals surface area contributed by atoms with Gasteiger partial charge >= 0.3 is 0 Å². The first-order valence-corrected chi connectivity index (χ1v) is 11.5. The number of ether oxygens (including phenoxy) is 7. The fraction of sp³-hybridized carbons (Fsp3) is 0.400. The number of benzene rings is 2. The zero-order valence-corrected chi connectivity index (χ0v) is 20.6. The predicted molar refractivity (Wildman–Crippen MR) is 128 cm³/mol. The van der Waals surface area contributed by atoms with Gasteiger partial charge < -0.3 is 58.0 Å². The van der Waals surface area contributed by atoms with E-state index in [4.69, 9.17) is 37.6 Å². The minimum Gasteiger partial charge on any atom is -0.493 e. The minimum absolute atomic E-state index is 0.0193. The standard InChI is InChI=1S/C25H26O13/c1-31-13-4-10(5-14(32-2)22(13)38-25-21(30)20(29)19(28)16(7-26)37-25)11-8-34-12-6-15-23(36-9-35-15)24(33-3)17(12)18(11)27/h4-6,8,16,19-21,25-26,28-30H,7,9H2,1-3H3/t16-,19-,20+,21-,25+/m1/s1. The number of aliphatic hydroxyl groups is 4. The predicted octanol–water partition coefficient (Wildman–Crippen LogP) is 0.393. The third-order valence-corrected chi connectivity index (χ3v) is 6.42. The lowest BCUT2D eigenvalue weighted by Crippen LogP contribution is -2.60. The molecule has 0 bridgehead atoms. The van der Waals surface area contributed by atoms with Crippen LogP contribution in [0.15, 0.2) is 33.7 Å². The Morgan fingerprint density at radius 1 is 0.921 bits per heavy atom. The molecular weight excluding hydrogens is 508 g/mol. The van der Waals surface area contributed by atoms with Gasteiger partial charge in [0.2, 0.25) is 30.0 Å². The molecule has 0 unspecified atom stereocenters. The molecule has 0 amide bonds. The molecule has 204 valence electrons. The zero-order chi connectivity index (χ0) is 27.1. The first kappa shape index (κ1) is 25.9. The van der Waals surface area contributed by atoms with Gasteiger partial charge in [-0.05, 0) is 17.7 Å². The Kier molecular flexibility index (Phi) is 6.94. The van der Waals surface area contributed by atoms with Gasteiger partial charge in [0, 0.05) is 6.07 Å². The number of hydrogen-bond donors (Lipinski definition) is 4. The lowest BCUT2D eigenvalue weighted by atomic mass is 9.99. The zero-order valence-electron chi connectivity index (χ0n) is 20.6. The van der Waals surface area contributed by atoms with Gasteiger partial charge in [-0.25, -0.2) is 0 Å². The molecule has 13 heteroatoms. The third-order valence-electron chi connectivity index (χ3n) is 6.42. The number of fused-ring (bicyclic) bond motifs is 2. The molecule has 2 aliphatic rings. The monoisotopic (exact) mass is 534 g/mol. The molecular formula is C25H26O13. The summed E-state index contributed by atoms with van der Waals surface area (Å²) in [7, 11) is 4.11. The smallest absolute Gasteiger partial charge is 0.231 e. The van der Waals surface area contributed by atoms with Crippen molar-refractivity contribution < 1.29 is 58.0 Å². The molecule has 3 heterocycles. The van der Waals surface area contributed by atoms with Gasteiger partial charge in [-0.1, -0.05) is 0 Å². The molecule has 1 saturated heterocycles. The SMILES string of the molecule is COc1cc(-c2coc3cc4c(c(OC)c3c2=O)OCO4)cc(OC)c1O[C@@H]1O[C@H](CO)[C@@H](O)[C@H](O)[C@H]1O. The molecule has 2 aromatic carbocycles. The Labute approximate surface area is 215 Å². The molecule has 4 N–H and O–H groups in total. The average molecular weight is 534 g/mol. The quantitative estimate of drug-likeness (QED) is 0.328. The van der Waals surface area contributed by atoms with E-state index < -0.39 is 42.7 Å². The van der Waals surface area contributed by atoms with Crippen LogP contribution < -0.4 is 33.8 Å². The van der Waals surface area contributed by atoms with Crippen LogP contribution in [0.3, 0.4) is 0 Å². The van der Waals surface area contributed by atoms with E-state index >= 15 is 0 Å².